The first-order valence-electron chi connectivity index (χ1n) is 5.29. The number of halogens is 2. The summed E-state index contributed by atoms with van der Waals surface area (Å²) < 4.78 is 42.5. The molecule has 0 aromatic heterocycles. The normalized spacial score (nSPS) is 11.2. The Morgan fingerprint density at radius 1 is 1.06 bits per heavy atom. The van der Waals surface area contributed by atoms with Crippen molar-refractivity contribution in [3.63, 3.8) is 0 Å². The summed E-state index contributed by atoms with van der Waals surface area (Å²) in [6.45, 7) is -0.607. The average molecular weight is 262 g/mol. The molecule has 0 saturated heterocycles. The molecule has 1 aromatic carbocycles. The number of aliphatic hydroxyl groups is 1. The Labute approximate surface area is 104 Å². The lowest BCUT2D eigenvalue weighted by Gasteiger charge is -2.19. The molecule has 0 radical (unpaired) electrons. The Morgan fingerprint density at radius 3 is 1.89 bits per heavy atom. The van der Waals surface area contributed by atoms with Crippen LogP contribution < -0.4 is 14.2 Å². The summed E-state index contributed by atoms with van der Waals surface area (Å²) in [7, 11) is 4.10. The molecule has 6 heteroatoms. The molecule has 0 spiro atoms. The molecule has 0 bridgehead atoms. The summed E-state index contributed by atoms with van der Waals surface area (Å²) in [6.07, 6.45) is -0.661. The number of alkyl halides is 2. The molecule has 0 unspecified atom stereocenters. The maximum Gasteiger partial charge on any atom is 0.275 e. The number of ether oxygens (including phenoxy) is 3. The summed E-state index contributed by atoms with van der Waals surface area (Å²) in [6, 6.07) is 2.36. The molecule has 0 aliphatic carbocycles. The van der Waals surface area contributed by atoms with Crippen LogP contribution >= 0.6 is 0 Å². The Hall–Kier alpha value is -1.56. The third kappa shape index (κ3) is 2.81. The topological polar surface area (TPSA) is 47.9 Å². The van der Waals surface area contributed by atoms with Gasteiger partial charge in [-0.3, -0.25) is 0 Å². The van der Waals surface area contributed by atoms with Gasteiger partial charge in [0.1, 0.15) is 0 Å². The molecule has 1 N–H and O–H groups in total. The maximum atomic E-state index is 13.7. The summed E-state index contributed by atoms with van der Waals surface area (Å²) in [5.41, 5.74) is -0.286. The Morgan fingerprint density at radius 2 is 1.56 bits per heavy atom. The third-order valence-corrected chi connectivity index (χ3v) is 2.51. The summed E-state index contributed by atoms with van der Waals surface area (Å²) in [5, 5.41) is 8.65. The number of aliphatic hydroxyl groups excluding tert-OH is 1. The van der Waals surface area contributed by atoms with Gasteiger partial charge in [-0.05, 0) is 12.1 Å². The summed E-state index contributed by atoms with van der Waals surface area (Å²) in [5.74, 6) is -2.58. The second-order valence-corrected chi connectivity index (χ2v) is 3.59. The fraction of sp³-hybridized carbons (Fsp3) is 0.500. The average Bonchev–Trinajstić information content (AvgIpc) is 2.36. The van der Waals surface area contributed by atoms with Gasteiger partial charge in [0.15, 0.2) is 11.5 Å². The van der Waals surface area contributed by atoms with Crippen LogP contribution in [-0.4, -0.2) is 33.0 Å². The molecule has 1 aromatic rings. The lowest BCUT2D eigenvalue weighted by atomic mass is 10.0. The number of methoxy groups -OCH3 is 3. The third-order valence-electron chi connectivity index (χ3n) is 2.51. The van der Waals surface area contributed by atoms with Crippen LogP contribution in [0.2, 0.25) is 0 Å². The van der Waals surface area contributed by atoms with Crippen LogP contribution in [0.3, 0.4) is 0 Å². The van der Waals surface area contributed by atoms with Crippen LogP contribution in [-0.2, 0) is 5.92 Å². The van der Waals surface area contributed by atoms with Gasteiger partial charge in [-0.1, -0.05) is 0 Å². The van der Waals surface area contributed by atoms with E-state index >= 15 is 0 Å². The zero-order chi connectivity index (χ0) is 13.8. The monoisotopic (exact) mass is 262 g/mol. The minimum absolute atomic E-state index is 0.157. The lowest BCUT2D eigenvalue weighted by molar-refractivity contribution is -0.0273. The molecule has 0 amide bonds. The van der Waals surface area contributed by atoms with Gasteiger partial charge in [0.2, 0.25) is 5.75 Å². The molecule has 102 valence electrons. The number of benzene rings is 1. The van der Waals surface area contributed by atoms with Gasteiger partial charge in [-0.2, -0.15) is 0 Å². The van der Waals surface area contributed by atoms with Gasteiger partial charge in [0.25, 0.3) is 5.92 Å². The Kier molecular flexibility index (Phi) is 4.72. The van der Waals surface area contributed by atoms with Crippen LogP contribution in [0.4, 0.5) is 8.78 Å². The number of rotatable bonds is 6. The van der Waals surface area contributed by atoms with Crippen molar-refractivity contribution in [1.82, 2.24) is 0 Å². The van der Waals surface area contributed by atoms with Crippen molar-refractivity contribution in [2.24, 2.45) is 0 Å². The molecule has 0 aliphatic heterocycles. The van der Waals surface area contributed by atoms with E-state index in [2.05, 4.69) is 0 Å². The predicted molar refractivity (Wildman–Crippen MR) is 61.7 cm³/mol. The second-order valence-electron chi connectivity index (χ2n) is 3.59. The summed E-state index contributed by atoms with van der Waals surface area (Å²) >= 11 is 0. The number of hydrogen-bond donors (Lipinski definition) is 1. The van der Waals surface area contributed by atoms with Crippen molar-refractivity contribution in [3.8, 4) is 17.2 Å². The van der Waals surface area contributed by atoms with Crippen molar-refractivity contribution in [1.29, 1.82) is 0 Å². The molecule has 0 atom stereocenters. The highest BCUT2D eigenvalue weighted by Gasteiger charge is 2.33. The van der Waals surface area contributed by atoms with E-state index < -0.39 is 19.0 Å². The van der Waals surface area contributed by atoms with Crippen molar-refractivity contribution >= 4 is 0 Å². The van der Waals surface area contributed by atoms with E-state index in [0.29, 0.717) is 0 Å². The van der Waals surface area contributed by atoms with Crippen LogP contribution in [0.5, 0.6) is 17.2 Å². The van der Waals surface area contributed by atoms with Gasteiger partial charge in [-0.25, -0.2) is 8.78 Å². The zero-order valence-electron chi connectivity index (χ0n) is 10.5. The molecule has 0 saturated carbocycles. The van der Waals surface area contributed by atoms with Crippen LogP contribution in [0.1, 0.15) is 12.0 Å². The predicted octanol–water partition coefficient (Wildman–Crippen LogP) is 2.19. The Balaban J connectivity index is 3.31. The quantitative estimate of drug-likeness (QED) is 0.853. The van der Waals surface area contributed by atoms with Crippen molar-refractivity contribution in [3.05, 3.63) is 17.7 Å². The van der Waals surface area contributed by atoms with Crippen molar-refractivity contribution in [2.75, 3.05) is 27.9 Å². The van der Waals surface area contributed by atoms with E-state index in [-0.39, 0.29) is 22.8 Å². The SMILES string of the molecule is COc1cc(C(F)(F)CCO)cc(OC)c1OC. The highest BCUT2D eigenvalue weighted by Crippen LogP contribution is 2.43. The highest BCUT2D eigenvalue weighted by atomic mass is 19.3. The van der Waals surface area contributed by atoms with E-state index in [1.165, 1.54) is 33.5 Å². The van der Waals surface area contributed by atoms with Gasteiger partial charge in [0.05, 0.1) is 21.3 Å². The fourth-order valence-corrected chi connectivity index (χ4v) is 1.58. The second kappa shape index (κ2) is 5.86. The Bertz CT molecular complexity index is 382. The molecular formula is C12H16F2O4. The number of hydrogen-bond acceptors (Lipinski definition) is 4. The standard InChI is InChI=1S/C12H16F2O4/c1-16-9-6-8(12(13,14)4-5-15)7-10(17-2)11(9)18-3/h6-7,15H,4-5H2,1-3H3. The first kappa shape index (κ1) is 14.5. The highest BCUT2D eigenvalue weighted by molar-refractivity contribution is 5.54. The molecule has 0 heterocycles. The first-order chi connectivity index (χ1) is 8.50. The van der Waals surface area contributed by atoms with E-state index in [0.717, 1.165) is 0 Å². The van der Waals surface area contributed by atoms with Crippen LogP contribution in [0.15, 0.2) is 12.1 Å². The lowest BCUT2D eigenvalue weighted by Crippen LogP contribution is -2.15. The molecule has 0 fully saturated rings. The van der Waals surface area contributed by atoms with Crippen LogP contribution in [0.25, 0.3) is 0 Å². The van der Waals surface area contributed by atoms with E-state index in [9.17, 15) is 8.78 Å². The minimum atomic E-state index is -3.15. The van der Waals surface area contributed by atoms with Gasteiger partial charge in [-0.15, -0.1) is 0 Å². The molecule has 0 aliphatic rings. The van der Waals surface area contributed by atoms with Crippen molar-refractivity contribution in [2.45, 2.75) is 12.3 Å². The molecular weight excluding hydrogens is 246 g/mol. The maximum absolute atomic E-state index is 13.7. The van der Waals surface area contributed by atoms with Crippen LogP contribution in [0, 0.1) is 0 Å². The molecule has 1 rings (SSSR count). The van der Waals surface area contributed by atoms with E-state index in [1.54, 1.807) is 0 Å². The molecule has 18 heavy (non-hydrogen) atoms. The fourth-order valence-electron chi connectivity index (χ4n) is 1.58. The van der Waals surface area contributed by atoms with Gasteiger partial charge in [0, 0.05) is 18.6 Å². The first-order valence-corrected chi connectivity index (χ1v) is 5.29. The smallest absolute Gasteiger partial charge is 0.275 e. The van der Waals surface area contributed by atoms with Crippen molar-refractivity contribution < 1.29 is 28.1 Å². The zero-order valence-corrected chi connectivity index (χ0v) is 10.5. The van der Waals surface area contributed by atoms with Gasteiger partial charge >= 0.3 is 0 Å². The van der Waals surface area contributed by atoms with E-state index in [1.807, 2.05) is 0 Å². The van der Waals surface area contributed by atoms with Gasteiger partial charge < -0.3 is 19.3 Å². The largest absolute Gasteiger partial charge is 0.493 e. The minimum Gasteiger partial charge on any atom is -0.493 e. The molecule has 4 nitrogen and oxygen atoms in total. The summed E-state index contributed by atoms with van der Waals surface area (Å²) in [4.78, 5) is 0. The van der Waals surface area contributed by atoms with E-state index in [4.69, 9.17) is 19.3 Å².